The first-order valence-corrected chi connectivity index (χ1v) is 22.7. The number of aliphatic hydroxyl groups excluding tert-OH is 1. The predicted molar refractivity (Wildman–Crippen MR) is 255 cm³/mol. The van der Waals surface area contributed by atoms with Crippen LogP contribution in [0.4, 0.5) is 20.3 Å². The summed E-state index contributed by atoms with van der Waals surface area (Å²) in [5.41, 5.74) is 7.93. The van der Waals surface area contributed by atoms with Gasteiger partial charge in [-0.2, -0.15) is 13.9 Å². The average molecular weight is 953 g/mol. The van der Waals surface area contributed by atoms with Crippen molar-refractivity contribution in [3.8, 4) is 21.7 Å². The third kappa shape index (κ3) is 16.7. The van der Waals surface area contributed by atoms with Crippen molar-refractivity contribution in [3.05, 3.63) is 100 Å². The summed E-state index contributed by atoms with van der Waals surface area (Å²) >= 11 is 7.56. The highest BCUT2D eigenvalue weighted by atomic mass is 35.5. The molecule has 7 rings (SSSR count). The molecule has 2 aromatic carbocycles. The molecule has 2 saturated heterocycles. The summed E-state index contributed by atoms with van der Waals surface area (Å²) in [6.07, 6.45) is 8.40. The fraction of sp³-hybridized carbons (Fsp3) is 0.426. The Hall–Kier alpha value is -5.50. The molecule has 0 aliphatic carbocycles. The number of carbonyl (C=O) groups excluding carboxylic acids is 4. The van der Waals surface area contributed by atoms with Crippen LogP contribution in [0.1, 0.15) is 68.1 Å². The molecule has 2 amide bonds. The van der Waals surface area contributed by atoms with Crippen LogP contribution in [0.3, 0.4) is 0 Å². The van der Waals surface area contributed by atoms with E-state index in [1.54, 1.807) is 55.0 Å². The minimum atomic E-state index is -3.17. The number of alkyl halides is 2. The molecule has 2 aliphatic rings. The third-order valence-electron chi connectivity index (χ3n) is 10.7. The number of halogens is 3. The molecule has 5 aromatic rings. The Balaban J connectivity index is 0.000000235. The number of likely N-dealkylation sites (tertiary alicyclic amines) is 1. The highest BCUT2D eigenvalue weighted by Gasteiger charge is 2.28. The molecule has 356 valence electrons. The van der Waals surface area contributed by atoms with E-state index < -0.39 is 6.61 Å². The number of benzene rings is 2. The Labute approximate surface area is 393 Å². The number of thiazole rings is 1. The maximum Gasteiger partial charge on any atom is 0.342 e. The van der Waals surface area contributed by atoms with E-state index in [2.05, 4.69) is 70.2 Å². The number of nitrogens with one attached hydrogen (secondary N) is 4. The van der Waals surface area contributed by atoms with E-state index in [1.807, 2.05) is 52.4 Å². The number of rotatable bonds is 14. The van der Waals surface area contributed by atoms with Gasteiger partial charge in [-0.25, -0.2) is 9.97 Å². The van der Waals surface area contributed by atoms with E-state index in [0.717, 1.165) is 73.3 Å². The molecule has 5 N–H and O–H groups in total. The van der Waals surface area contributed by atoms with Crippen LogP contribution in [0.5, 0.6) is 0 Å². The Kier molecular flexibility index (Phi) is 21.4. The number of amides is 2. The minimum Gasteiger partial charge on any atom is -0.376 e. The van der Waals surface area contributed by atoms with E-state index >= 15 is 0 Å². The van der Waals surface area contributed by atoms with Gasteiger partial charge in [0.1, 0.15) is 18.4 Å². The summed E-state index contributed by atoms with van der Waals surface area (Å²) < 4.78 is 25.5. The normalized spacial score (nSPS) is 16.2. The number of nitrogens with zero attached hydrogens (tertiary/aromatic N) is 5. The maximum absolute atomic E-state index is 12.8. The first kappa shape index (κ1) is 53.1. The predicted octanol–water partition coefficient (Wildman–Crippen LogP) is 7.41. The number of H-pyrrole nitrogens is 1. The van der Waals surface area contributed by atoms with Crippen LogP contribution in [-0.4, -0.2) is 120 Å². The number of likely N-dealkylation sites (N-methyl/N-ethyl adjacent to an activating group) is 2. The molecule has 3 aromatic heterocycles. The highest BCUT2D eigenvalue weighted by Crippen LogP contribution is 2.32. The average Bonchev–Trinajstić information content (AvgIpc) is 4.14. The number of aromatic nitrogens is 4. The molecule has 2 fully saturated rings. The van der Waals surface area contributed by atoms with Crippen molar-refractivity contribution in [2.45, 2.75) is 84.7 Å². The van der Waals surface area contributed by atoms with Gasteiger partial charge in [-0.15, -0.1) is 11.3 Å². The van der Waals surface area contributed by atoms with Crippen molar-refractivity contribution < 1.29 is 37.8 Å². The van der Waals surface area contributed by atoms with Gasteiger partial charge in [-0.05, 0) is 99.8 Å². The van der Waals surface area contributed by atoms with Crippen molar-refractivity contribution in [3.63, 3.8) is 0 Å². The quantitative estimate of drug-likeness (QED) is 0.0548. The topological polar surface area (TPSA) is 195 Å². The van der Waals surface area contributed by atoms with Gasteiger partial charge >= 0.3 is 6.61 Å². The summed E-state index contributed by atoms with van der Waals surface area (Å²) in [5.74, 6) is 0.634. The summed E-state index contributed by atoms with van der Waals surface area (Å²) in [6.45, 7) is 8.42. The molecule has 0 bridgehead atoms. The molecule has 0 radical (unpaired) electrons. The molecule has 0 saturated carbocycles. The number of aldehydes is 2. The van der Waals surface area contributed by atoms with Gasteiger partial charge in [0.2, 0.25) is 5.91 Å². The number of aliphatic hydroxyl groups is 1. The lowest BCUT2D eigenvalue weighted by molar-refractivity contribution is -0.125. The number of anilines is 2. The molecular formula is C47H60ClF2N9O6S. The standard InChI is InChI=1S/C22H22ClN5O3.C17H21N3OS.C7H15NO.CH2F2O/c23-16-2-4-17(5-3-16)26-22(30)15-12-19(20-6-8-25-27-20)21(24-13-15)28-9-7-18(14-28)31-11-1-10-29;1-12-16(22-11-19-12)14-7-5-13(6-8-14)10-18-17(21)15-4-3-9-20(15)2;1-7(2,3)6(5-9)8-4;2-1(3)4/h2-6,8,10,12-13,18H,1,7,9,11,14H2,(H,25,27)(H,26,30);5-8,11,15H,3-4,9-10H2,1-2H3,(H,18,21);5-6,8H,1-4H3;1,4H. The number of carbonyl (C=O) groups is 4. The van der Waals surface area contributed by atoms with Crippen LogP contribution in [-0.2, 0) is 25.7 Å². The van der Waals surface area contributed by atoms with Crippen molar-refractivity contribution in [1.29, 1.82) is 0 Å². The lowest BCUT2D eigenvalue weighted by Crippen LogP contribution is -2.41. The van der Waals surface area contributed by atoms with Crippen molar-refractivity contribution in [2.24, 2.45) is 5.41 Å². The second kappa shape index (κ2) is 26.6. The minimum absolute atomic E-state index is 0.0301. The fourth-order valence-electron chi connectivity index (χ4n) is 7.12. The van der Waals surface area contributed by atoms with Gasteiger partial charge in [0, 0.05) is 54.7 Å². The number of ether oxygens (including phenoxy) is 1. The lowest BCUT2D eigenvalue weighted by atomic mass is 9.88. The van der Waals surface area contributed by atoms with E-state index in [4.69, 9.17) is 21.4 Å². The van der Waals surface area contributed by atoms with Gasteiger partial charge in [0.05, 0.1) is 52.1 Å². The maximum atomic E-state index is 12.8. The molecule has 0 spiro atoms. The second-order valence-corrected chi connectivity index (χ2v) is 17.9. The second-order valence-electron chi connectivity index (χ2n) is 16.6. The number of hydrogen-bond donors (Lipinski definition) is 5. The fourth-order valence-corrected chi connectivity index (χ4v) is 8.06. The summed E-state index contributed by atoms with van der Waals surface area (Å²) in [4.78, 5) is 60.1. The lowest BCUT2D eigenvalue weighted by Gasteiger charge is -2.24. The van der Waals surface area contributed by atoms with Crippen LogP contribution >= 0.6 is 22.9 Å². The van der Waals surface area contributed by atoms with Crippen LogP contribution in [0.2, 0.25) is 5.02 Å². The first-order valence-electron chi connectivity index (χ1n) is 21.5. The van der Waals surface area contributed by atoms with Crippen LogP contribution < -0.4 is 20.9 Å². The van der Waals surface area contributed by atoms with Crippen LogP contribution in [0.25, 0.3) is 21.7 Å². The molecule has 2 aliphatic heterocycles. The summed E-state index contributed by atoms with van der Waals surface area (Å²) in [7, 11) is 3.81. The largest absolute Gasteiger partial charge is 0.376 e. The van der Waals surface area contributed by atoms with Gasteiger partial charge in [-0.3, -0.25) is 19.6 Å². The Morgan fingerprint density at radius 1 is 1.06 bits per heavy atom. The summed E-state index contributed by atoms with van der Waals surface area (Å²) in [5, 5.41) is 23.1. The molecular weight excluding hydrogens is 892 g/mol. The van der Waals surface area contributed by atoms with Crippen molar-refractivity contribution in [1.82, 2.24) is 35.7 Å². The zero-order chi connectivity index (χ0) is 48.2. The van der Waals surface area contributed by atoms with Crippen LogP contribution in [0.15, 0.2) is 78.6 Å². The molecule has 5 heterocycles. The molecule has 3 atom stereocenters. The monoisotopic (exact) mass is 951 g/mol. The smallest absolute Gasteiger partial charge is 0.342 e. The third-order valence-corrected chi connectivity index (χ3v) is 11.9. The van der Waals surface area contributed by atoms with E-state index in [9.17, 15) is 28.0 Å². The Morgan fingerprint density at radius 2 is 1.77 bits per heavy atom. The van der Waals surface area contributed by atoms with Gasteiger partial charge in [0.15, 0.2) is 0 Å². The summed E-state index contributed by atoms with van der Waals surface area (Å²) in [6, 6.07) is 18.9. The SMILES string of the molecule is CNC(C=O)C(C)(C)C.Cc1ncsc1-c1ccc(CNC(=O)C2CCCN2C)cc1.O=CCCOC1CCN(c2ncc(C(=O)Nc3ccc(Cl)cc3)cc2-c2ccn[nH]2)C1.OC(F)F. The van der Waals surface area contributed by atoms with Gasteiger partial charge < -0.3 is 40.3 Å². The molecule has 3 unspecified atom stereocenters. The van der Waals surface area contributed by atoms with Crippen molar-refractivity contribution >= 4 is 58.8 Å². The number of pyridine rings is 1. The van der Waals surface area contributed by atoms with Gasteiger partial charge in [0.25, 0.3) is 5.91 Å². The molecule has 66 heavy (non-hydrogen) atoms. The number of aromatic amines is 1. The van der Waals surface area contributed by atoms with E-state index in [0.29, 0.717) is 42.4 Å². The van der Waals surface area contributed by atoms with Crippen molar-refractivity contribution in [2.75, 3.05) is 50.6 Å². The highest BCUT2D eigenvalue weighted by molar-refractivity contribution is 7.13. The Morgan fingerprint density at radius 3 is 2.32 bits per heavy atom. The number of aryl methyl sites for hydroxylation is 1. The zero-order valence-electron chi connectivity index (χ0n) is 38.1. The Bertz CT molecular complexity index is 2260. The zero-order valence-corrected chi connectivity index (χ0v) is 39.7. The molecule has 15 nitrogen and oxygen atoms in total. The van der Waals surface area contributed by atoms with Gasteiger partial charge in [-0.1, -0.05) is 56.6 Å². The van der Waals surface area contributed by atoms with E-state index in [1.165, 1.54) is 10.4 Å². The first-order chi connectivity index (χ1) is 31.5. The van der Waals surface area contributed by atoms with Crippen LogP contribution in [0, 0.1) is 12.3 Å². The van der Waals surface area contributed by atoms with E-state index in [-0.39, 0.29) is 35.4 Å². The number of hydrogen-bond acceptors (Lipinski definition) is 13. The molecule has 19 heteroatoms.